The Hall–Kier alpha value is -2.66. The molecule has 0 radical (unpaired) electrons. The maximum atomic E-state index is 12.8. The highest BCUT2D eigenvalue weighted by atomic mass is 16.5. The standard InChI is InChI=1S/C21H24N2O3/c1-15(16-8-4-3-5-9-16)23(2)21(25)17-10-6-11-18(14-17)22-20(24)19-12-7-13-26-19/h3-6,8-11,14-15,19H,7,12-13H2,1-2H3,(H,22,24). The monoisotopic (exact) mass is 352 g/mol. The molecule has 1 fully saturated rings. The third kappa shape index (κ3) is 4.11. The van der Waals surface area contributed by atoms with Crippen molar-refractivity contribution in [1.29, 1.82) is 0 Å². The van der Waals surface area contributed by atoms with Crippen molar-refractivity contribution in [1.82, 2.24) is 4.90 Å². The average Bonchev–Trinajstić information content (AvgIpc) is 3.22. The van der Waals surface area contributed by atoms with Gasteiger partial charge in [-0.15, -0.1) is 0 Å². The lowest BCUT2D eigenvalue weighted by Crippen LogP contribution is -2.30. The number of hydrogen-bond acceptors (Lipinski definition) is 3. The van der Waals surface area contributed by atoms with Gasteiger partial charge in [-0.2, -0.15) is 0 Å². The third-order valence-electron chi connectivity index (χ3n) is 4.78. The fourth-order valence-electron chi connectivity index (χ4n) is 3.07. The first-order chi connectivity index (χ1) is 12.6. The number of nitrogens with zero attached hydrogens (tertiary/aromatic N) is 1. The van der Waals surface area contributed by atoms with E-state index < -0.39 is 6.10 Å². The molecule has 0 bridgehead atoms. The first-order valence-electron chi connectivity index (χ1n) is 8.91. The second-order valence-corrected chi connectivity index (χ2v) is 6.57. The summed E-state index contributed by atoms with van der Waals surface area (Å²) in [6, 6.07) is 16.9. The van der Waals surface area contributed by atoms with Gasteiger partial charge in [-0.25, -0.2) is 0 Å². The zero-order valence-electron chi connectivity index (χ0n) is 15.1. The summed E-state index contributed by atoms with van der Waals surface area (Å²) in [7, 11) is 1.79. The van der Waals surface area contributed by atoms with Crippen molar-refractivity contribution < 1.29 is 14.3 Å². The van der Waals surface area contributed by atoms with Crippen LogP contribution in [0.25, 0.3) is 0 Å². The van der Waals surface area contributed by atoms with Gasteiger partial charge in [0.25, 0.3) is 11.8 Å². The van der Waals surface area contributed by atoms with Crippen LogP contribution >= 0.6 is 0 Å². The predicted molar refractivity (Wildman–Crippen MR) is 101 cm³/mol. The van der Waals surface area contributed by atoms with E-state index in [9.17, 15) is 9.59 Å². The molecular weight excluding hydrogens is 328 g/mol. The summed E-state index contributed by atoms with van der Waals surface area (Å²) in [5.41, 5.74) is 2.23. The van der Waals surface area contributed by atoms with Crippen molar-refractivity contribution in [2.24, 2.45) is 0 Å². The van der Waals surface area contributed by atoms with E-state index in [0.29, 0.717) is 17.9 Å². The Morgan fingerprint density at radius 3 is 2.62 bits per heavy atom. The number of rotatable bonds is 5. The van der Waals surface area contributed by atoms with E-state index in [1.807, 2.05) is 37.3 Å². The predicted octanol–water partition coefficient (Wildman–Crippen LogP) is 3.64. The number of carbonyl (C=O) groups excluding carboxylic acids is 2. The van der Waals surface area contributed by atoms with Gasteiger partial charge >= 0.3 is 0 Å². The molecule has 0 aliphatic carbocycles. The molecule has 1 heterocycles. The van der Waals surface area contributed by atoms with Crippen LogP contribution in [0.1, 0.15) is 41.7 Å². The number of benzene rings is 2. The Morgan fingerprint density at radius 2 is 1.92 bits per heavy atom. The van der Waals surface area contributed by atoms with Crippen molar-refractivity contribution in [3.05, 3.63) is 65.7 Å². The van der Waals surface area contributed by atoms with Crippen LogP contribution in [0, 0.1) is 0 Å². The van der Waals surface area contributed by atoms with Gasteiger partial charge in [0.1, 0.15) is 6.10 Å². The zero-order valence-corrected chi connectivity index (χ0v) is 15.1. The summed E-state index contributed by atoms with van der Waals surface area (Å²) in [6.07, 6.45) is 1.25. The van der Waals surface area contributed by atoms with Crippen LogP contribution in [0.5, 0.6) is 0 Å². The molecule has 1 N–H and O–H groups in total. The summed E-state index contributed by atoms with van der Waals surface area (Å²) < 4.78 is 5.40. The van der Waals surface area contributed by atoms with Crippen LogP contribution in [0.2, 0.25) is 0 Å². The van der Waals surface area contributed by atoms with E-state index in [1.54, 1.807) is 36.2 Å². The number of anilines is 1. The highest BCUT2D eigenvalue weighted by Gasteiger charge is 2.24. The molecule has 5 heteroatoms. The summed E-state index contributed by atoms with van der Waals surface area (Å²) >= 11 is 0. The molecule has 2 aromatic rings. The van der Waals surface area contributed by atoms with Crippen LogP contribution in [-0.4, -0.2) is 36.5 Å². The SMILES string of the molecule is CC(c1ccccc1)N(C)C(=O)c1cccc(NC(=O)C2CCCO2)c1. The number of nitrogens with one attached hydrogen (secondary N) is 1. The van der Waals surface area contributed by atoms with Gasteiger partial charge in [0.15, 0.2) is 0 Å². The molecule has 1 aliphatic rings. The van der Waals surface area contributed by atoms with E-state index in [4.69, 9.17) is 4.74 Å². The van der Waals surface area contributed by atoms with E-state index in [-0.39, 0.29) is 17.9 Å². The molecule has 5 nitrogen and oxygen atoms in total. The molecule has 0 aromatic heterocycles. The van der Waals surface area contributed by atoms with Crippen LogP contribution in [-0.2, 0) is 9.53 Å². The minimum absolute atomic E-state index is 0.0474. The highest BCUT2D eigenvalue weighted by molar-refractivity contribution is 5.98. The van der Waals surface area contributed by atoms with Crippen molar-refractivity contribution in [2.45, 2.75) is 31.9 Å². The third-order valence-corrected chi connectivity index (χ3v) is 4.78. The van der Waals surface area contributed by atoms with E-state index >= 15 is 0 Å². The summed E-state index contributed by atoms with van der Waals surface area (Å²) in [5.74, 6) is -0.243. The van der Waals surface area contributed by atoms with Crippen molar-refractivity contribution in [3.8, 4) is 0 Å². The number of amides is 2. The maximum absolute atomic E-state index is 12.8. The molecule has 2 unspecified atom stereocenters. The van der Waals surface area contributed by atoms with Crippen LogP contribution in [0.4, 0.5) is 5.69 Å². The lowest BCUT2D eigenvalue weighted by Gasteiger charge is -2.25. The Morgan fingerprint density at radius 1 is 1.15 bits per heavy atom. The molecule has 1 saturated heterocycles. The van der Waals surface area contributed by atoms with Gasteiger partial charge in [0.05, 0.1) is 6.04 Å². The Kier molecular flexibility index (Phi) is 5.68. The average molecular weight is 352 g/mol. The normalized spacial score (nSPS) is 17.5. The molecule has 136 valence electrons. The van der Waals surface area contributed by atoms with Gasteiger partial charge < -0.3 is 15.0 Å². The maximum Gasteiger partial charge on any atom is 0.254 e. The smallest absolute Gasteiger partial charge is 0.254 e. The molecule has 0 saturated carbocycles. The molecule has 1 aliphatic heterocycles. The Balaban J connectivity index is 1.70. The largest absolute Gasteiger partial charge is 0.368 e. The van der Waals surface area contributed by atoms with E-state index in [1.165, 1.54) is 0 Å². The van der Waals surface area contributed by atoms with Crippen molar-refractivity contribution in [3.63, 3.8) is 0 Å². The van der Waals surface area contributed by atoms with Crippen LogP contribution in [0.15, 0.2) is 54.6 Å². The second kappa shape index (κ2) is 8.15. The van der Waals surface area contributed by atoms with Gasteiger partial charge in [-0.3, -0.25) is 9.59 Å². The first kappa shape index (κ1) is 18.1. The summed E-state index contributed by atoms with van der Waals surface area (Å²) in [6.45, 7) is 2.62. The molecular formula is C21H24N2O3. The molecule has 2 atom stereocenters. The van der Waals surface area contributed by atoms with E-state index in [0.717, 1.165) is 18.4 Å². The fraction of sp³-hybridized carbons (Fsp3) is 0.333. The lowest BCUT2D eigenvalue weighted by molar-refractivity contribution is -0.124. The number of carbonyl (C=O) groups is 2. The Bertz CT molecular complexity index is 770. The zero-order chi connectivity index (χ0) is 18.5. The van der Waals surface area contributed by atoms with Gasteiger partial charge in [-0.05, 0) is 43.5 Å². The molecule has 26 heavy (non-hydrogen) atoms. The molecule has 3 rings (SSSR count). The fourth-order valence-corrected chi connectivity index (χ4v) is 3.07. The van der Waals surface area contributed by atoms with Gasteiger partial charge in [-0.1, -0.05) is 36.4 Å². The second-order valence-electron chi connectivity index (χ2n) is 6.57. The minimum Gasteiger partial charge on any atom is -0.368 e. The van der Waals surface area contributed by atoms with Crippen molar-refractivity contribution in [2.75, 3.05) is 19.0 Å². The summed E-state index contributed by atoms with van der Waals surface area (Å²) in [5, 5.41) is 2.84. The van der Waals surface area contributed by atoms with E-state index in [2.05, 4.69) is 5.32 Å². The van der Waals surface area contributed by atoms with Crippen LogP contribution < -0.4 is 5.32 Å². The van der Waals surface area contributed by atoms with Crippen molar-refractivity contribution >= 4 is 17.5 Å². The number of hydrogen-bond donors (Lipinski definition) is 1. The number of ether oxygens (including phenoxy) is 1. The Labute approximate surface area is 154 Å². The lowest BCUT2D eigenvalue weighted by atomic mass is 10.1. The molecule has 2 amide bonds. The minimum atomic E-state index is -0.393. The molecule has 2 aromatic carbocycles. The topological polar surface area (TPSA) is 58.6 Å². The highest BCUT2D eigenvalue weighted by Crippen LogP contribution is 2.22. The van der Waals surface area contributed by atoms with Crippen LogP contribution in [0.3, 0.4) is 0 Å². The van der Waals surface area contributed by atoms with Gasteiger partial charge in [0.2, 0.25) is 0 Å². The van der Waals surface area contributed by atoms with Gasteiger partial charge in [0, 0.05) is 24.9 Å². The summed E-state index contributed by atoms with van der Waals surface area (Å²) in [4.78, 5) is 26.7. The molecule has 0 spiro atoms. The first-order valence-corrected chi connectivity index (χ1v) is 8.91. The quantitative estimate of drug-likeness (QED) is 0.894.